The van der Waals surface area contributed by atoms with Crippen molar-refractivity contribution in [2.24, 2.45) is 0 Å². The fourth-order valence-electron chi connectivity index (χ4n) is 2.34. The summed E-state index contributed by atoms with van der Waals surface area (Å²) in [6, 6.07) is -0.0370. The molecule has 102 valence electrons. The van der Waals surface area contributed by atoms with Crippen molar-refractivity contribution in [3.05, 3.63) is 0 Å². The zero-order valence-corrected chi connectivity index (χ0v) is 10.8. The van der Waals surface area contributed by atoms with Crippen molar-refractivity contribution in [3.63, 3.8) is 0 Å². The van der Waals surface area contributed by atoms with Gasteiger partial charge in [0.25, 0.3) is 5.91 Å². The molecule has 0 aromatic carbocycles. The minimum Gasteiger partial charge on any atom is -0.366 e. The Bertz CT molecular complexity index is 316. The van der Waals surface area contributed by atoms with Gasteiger partial charge in [-0.15, -0.1) is 0 Å². The number of ether oxygens (including phenoxy) is 1. The van der Waals surface area contributed by atoms with Crippen LogP contribution in [0, 0.1) is 0 Å². The number of rotatable bonds is 4. The second kappa shape index (κ2) is 6.15. The average Bonchev–Trinajstić information content (AvgIpc) is 2.76. The molecule has 2 heterocycles. The predicted molar refractivity (Wildman–Crippen MR) is 66.0 cm³/mol. The minimum atomic E-state index is -0.407. The van der Waals surface area contributed by atoms with Crippen LogP contribution >= 0.6 is 0 Å². The van der Waals surface area contributed by atoms with Crippen LogP contribution in [0.15, 0.2) is 0 Å². The normalized spacial score (nSPS) is 26.2. The Morgan fingerprint density at radius 1 is 1.67 bits per heavy atom. The van der Waals surface area contributed by atoms with E-state index in [1.54, 1.807) is 0 Å². The molecule has 0 bridgehead atoms. The quantitative estimate of drug-likeness (QED) is 0.683. The molecule has 0 aliphatic carbocycles. The molecule has 2 saturated heterocycles. The van der Waals surface area contributed by atoms with E-state index in [9.17, 15) is 9.59 Å². The molecule has 2 amide bonds. The van der Waals surface area contributed by atoms with Crippen LogP contribution in [0.4, 0.5) is 0 Å². The number of nitrogens with one attached hydrogen (secondary N) is 2. The Labute approximate surface area is 107 Å². The van der Waals surface area contributed by atoms with E-state index in [0.717, 1.165) is 19.5 Å². The molecule has 6 nitrogen and oxygen atoms in total. The Kier molecular flexibility index (Phi) is 4.54. The maximum atomic E-state index is 11.9. The summed E-state index contributed by atoms with van der Waals surface area (Å²) in [5, 5.41) is 6.02. The molecule has 2 unspecified atom stereocenters. The number of amides is 2. The summed E-state index contributed by atoms with van der Waals surface area (Å²) in [6.45, 7) is 5.23. The first-order chi connectivity index (χ1) is 8.66. The number of hydrogen-bond donors (Lipinski definition) is 2. The van der Waals surface area contributed by atoms with E-state index in [2.05, 4.69) is 10.6 Å². The summed E-state index contributed by atoms with van der Waals surface area (Å²) < 4.78 is 5.38. The summed E-state index contributed by atoms with van der Waals surface area (Å²) in [7, 11) is 0. The topological polar surface area (TPSA) is 70.7 Å². The zero-order chi connectivity index (χ0) is 13.0. The Morgan fingerprint density at radius 2 is 2.50 bits per heavy atom. The minimum absolute atomic E-state index is 0.0370. The monoisotopic (exact) mass is 255 g/mol. The molecule has 2 atom stereocenters. The smallest absolute Gasteiger partial charge is 0.250 e. The van der Waals surface area contributed by atoms with Crippen molar-refractivity contribution in [1.29, 1.82) is 0 Å². The second-order valence-corrected chi connectivity index (χ2v) is 4.92. The molecule has 6 heteroatoms. The molecule has 2 N–H and O–H groups in total. The fraction of sp³-hybridized carbons (Fsp3) is 0.833. The van der Waals surface area contributed by atoms with Crippen LogP contribution in [0.25, 0.3) is 0 Å². The van der Waals surface area contributed by atoms with Gasteiger partial charge in [-0.05, 0) is 13.3 Å². The predicted octanol–water partition coefficient (Wildman–Crippen LogP) is -0.898. The average molecular weight is 255 g/mol. The maximum absolute atomic E-state index is 11.9. The molecule has 2 rings (SSSR count). The molecular formula is C12H21N3O3. The lowest BCUT2D eigenvalue weighted by molar-refractivity contribution is -0.135. The van der Waals surface area contributed by atoms with Gasteiger partial charge >= 0.3 is 0 Å². The van der Waals surface area contributed by atoms with Crippen LogP contribution in [0.1, 0.15) is 19.8 Å². The third-order valence-corrected chi connectivity index (χ3v) is 3.27. The van der Waals surface area contributed by atoms with Crippen molar-refractivity contribution >= 4 is 11.8 Å². The van der Waals surface area contributed by atoms with Gasteiger partial charge in [0.1, 0.15) is 6.10 Å². The summed E-state index contributed by atoms with van der Waals surface area (Å²) in [5.41, 5.74) is 0. The van der Waals surface area contributed by atoms with Gasteiger partial charge in [0.15, 0.2) is 0 Å². The highest BCUT2D eigenvalue weighted by Crippen LogP contribution is 2.09. The van der Waals surface area contributed by atoms with Crippen molar-refractivity contribution in [3.8, 4) is 0 Å². The lowest BCUT2D eigenvalue weighted by atomic mass is 10.2. The van der Waals surface area contributed by atoms with Crippen LogP contribution in [0.2, 0.25) is 0 Å². The van der Waals surface area contributed by atoms with E-state index in [-0.39, 0.29) is 17.9 Å². The molecule has 2 fully saturated rings. The fourth-order valence-corrected chi connectivity index (χ4v) is 2.34. The third-order valence-electron chi connectivity index (χ3n) is 3.27. The SMILES string of the molecule is CC(CN1CCCC1=O)NC(=O)C1CNCCO1. The Balaban J connectivity index is 1.74. The number of carbonyl (C=O) groups is 2. The van der Waals surface area contributed by atoms with Gasteiger partial charge in [0, 0.05) is 38.6 Å². The van der Waals surface area contributed by atoms with Gasteiger partial charge in [-0.1, -0.05) is 0 Å². The van der Waals surface area contributed by atoms with Gasteiger partial charge in [-0.25, -0.2) is 0 Å². The number of morpholine rings is 1. The largest absolute Gasteiger partial charge is 0.366 e. The van der Waals surface area contributed by atoms with Crippen molar-refractivity contribution in [2.45, 2.75) is 31.9 Å². The van der Waals surface area contributed by atoms with Crippen molar-refractivity contribution in [1.82, 2.24) is 15.5 Å². The molecule has 0 aromatic heterocycles. The Morgan fingerprint density at radius 3 is 3.11 bits per heavy atom. The third kappa shape index (κ3) is 3.43. The first-order valence-electron chi connectivity index (χ1n) is 6.57. The van der Waals surface area contributed by atoms with Crippen LogP contribution in [0.5, 0.6) is 0 Å². The van der Waals surface area contributed by atoms with E-state index in [4.69, 9.17) is 4.74 Å². The molecule has 0 spiro atoms. The molecular weight excluding hydrogens is 234 g/mol. The summed E-state index contributed by atoms with van der Waals surface area (Å²) in [5.74, 6) is 0.0908. The molecule has 18 heavy (non-hydrogen) atoms. The van der Waals surface area contributed by atoms with Crippen LogP contribution in [0.3, 0.4) is 0 Å². The lowest BCUT2D eigenvalue weighted by Crippen LogP contribution is -2.51. The number of hydrogen-bond acceptors (Lipinski definition) is 4. The van der Waals surface area contributed by atoms with Crippen LogP contribution in [-0.4, -0.2) is 61.6 Å². The van der Waals surface area contributed by atoms with Gasteiger partial charge in [0.2, 0.25) is 5.91 Å². The van der Waals surface area contributed by atoms with E-state index < -0.39 is 6.10 Å². The summed E-state index contributed by atoms with van der Waals surface area (Å²) in [4.78, 5) is 25.2. The highest BCUT2D eigenvalue weighted by Gasteiger charge is 2.25. The van der Waals surface area contributed by atoms with Gasteiger partial charge in [0.05, 0.1) is 6.61 Å². The van der Waals surface area contributed by atoms with Crippen LogP contribution in [-0.2, 0) is 14.3 Å². The molecule has 0 saturated carbocycles. The van der Waals surface area contributed by atoms with E-state index in [1.165, 1.54) is 0 Å². The first-order valence-corrected chi connectivity index (χ1v) is 6.57. The van der Waals surface area contributed by atoms with Crippen molar-refractivity contribution < 1.29 is 14.3 Å². The maximum Gasteiger partial charge on any atom is 0.250 e. The standard InChI is InChI=1S/C12H21N3O3/c1-9(8-15-5-2-3-11(15)16)14-12(17)10-7-13-4-6-18-10/h9-10,13H,2-8H2,1H3,(H,14,17). The van der Waals surface area contributed by atoms with Gasteiger partial charge in [-0.2, -0.15) is 0 Å². The van der Waals surface area contributed by atoms with Crippen molar-refractivity contribution in [2.75, 3.05) is 32.8 Å². The number of likely N-dealkylation sites (tertiary alicyclic amines) is 1. The first kappa shape index (κ1) is 13.3. The Hall–Kier alpha value is -1.14. The summed E-state index contributed by atoms with van der Waals surface area (Å²) in [6.07, 6.45) is 1.15. The molecule has 0 radical (unpaired) electrons. The highest BCUT2D eigenvalue weighted by atomic mass is 16.5. The molecule has 2 aliphatic heterocycles. The van der Waals surface area contributed by atoms with E-state index >= 15 is 0 Å². The van der Waals surface area contributed by atoms with Gasteiger partial charge < -0.3 is 20.3 Å². The zero-order valence-electron chi connectivity index (χ0n) is 10.8. The molecule has 2 aliphatic rings. The highest BCUT2D eigenvalue weighted by molar-refractivity contribution is 5.81. The van der Waals surface area contributed by atoms with Gasteiger partial charge in [-0.3, -0.25) is 9.59 Å². The second-order valence-electron chi connectivity index (χ2n) is 4.92. The van der Waals surface area contributed by atoms with Crippen LogP contribution < -0.4 is 10.6 Å². The number of carbonyl (C=O) groups excluding carboxylic acids is 2. The van der Waals surface area contributed by atoms with E-state index in [0.29, 0.717) is 26.1 Å². The van der Waals surface area contributed by atoms with E-state index in [1.807, 2.05) is 11.8 Å². The molecule has 0 aromatic rings. The number of nitrogens with zero attached hydrogens (tertiary/aromatic N) is 1. The lowest BCUT2D eigenvalue weighted by Gasteiger charge is -2.26. The summed E-state index contributed by atoms with van der Waals surface area (Å²) >= 11 is 0.